The summed E-state index contributed by atoms with van der Waals surface area (Å²) in [6, 6.07) is 3.97. The van der Waals surface area contributed by atoms with E-state index in [1.807, 2.05) is 22.8 Å². The molecule has 0 aliphatic heterocycles. The zero-order chi connectivity index (χ0) is 13.6. The highest BCUT2D eigenvalue weighted by Crippen LogP contribution is 2.35. The summed E-state index contributed by atoms with van der Waals surface area (Å²) < 4.78 is 2.00. The van der Waals surface area contributed by atoms with Crippen molar-refractivity contribution < 1.29 is 0 Å². The molecule has 2 aromatic heterocycles. The summed E-state index contributed by atoms with van der Waals surface area (Å²) in [6.07, 6.45) is 2.90. The standard InChI is InChI=1S/C15H23N3/c1-7-15(5,6)13-12(14(2,3)4)17-11-9-8-10-16-18(11)13/h8-10H,7H2,1-6H3. The number of fused-ring (bicyclic) bond motifs is 1. The normalized spacial score (nSPS) is 13.2. The molecule has 0 N–H and O–H groups in total. The zero-order valence-electron chi connectivity index (χ0n) is 12.3. The Kier molecular flexibility index (Phi) is 2.96. The fourth-order valence-corrected chi connectivity index (χ4v) is 2.19. The zero-order valence-corrected chi connectivity index (χ0v) is 12.3. The molecule has 0 atom stereocenters. The summed E-state index contributed by atoms with van der Waals surface area (Å²) in [5.41, 5.74) is 3.46. The molecular weight excluding hydrogens is 222 g/mol. The average Bonchev–Trinajstić information content (AvgIpc) is 2.68. The molecule has 0 amide bonds. The fraction of sp³-hybridized carbons (Fsp3) is 0.600. The van der Waals surface area contributed by atoms with E-state index in [0.29, 0.717) is 0 Å². The molecule has 98 valence electrons. The molecule has 2 aromatic rings. The second kappa shape index (κ2) is 4.08. The van der Waals surface area contributed by atoms with Crippen LogP contribution in [0.1, 0.15) is 59.4 Å². The van der Waals surface area contributed by atoms with Crippen LogP contribution < -0.4 is 0 Å². The van der Waals surface area contributed by atoms with Gasteiger partial charge in [-0.15, -0.1) is 0 Å². The van der Waals surface area contributed by atoms with Crippen LogP contribution in [0.2, 0.25) is 0 Å². The summed E-state index contributed by atoms with van der Waals surface area (Å²) in [5.74, 6) is 0. The third-order valence-electron chi connectivity index (χ3n) is 3.63. The lowest BCUT2D eigenvalue weighted by Crippen LogP contribution is -2.25. The van der Waals surface area contributed by atoms with E-state index in [9.17, 15) is 0 Å². The topological polar surface area (TPSA) is 30.2 Å². The highest BCUT2D eigenvalue weighted by atomic mass is 15.3. The van der Waals surface area contributed by atoms with E-state index < -0.39 is 0 Å². The Hall–Kier alpha value is -1.38. The SMILES string of the molecule is CCC(C)(C)c1c(C(C)(C)C)nc2cccnn12. The van der Waals surface area contributed by atoms with Crippen LogP contribution >= 0.6 is 0 Å². The van der Waals surface area contributed by atoms with Gasteiger partial charge < -0.3 is 0 Å². The van der Waals surface area contributed by atoms with Gasteiger partial charge in [-0.05, 0) is 18.6 Å². The van der Waals surface area contributed by atoms with Crippen LogP contribution in [0.4, 0.5) is 0 Å². The second-order valence-electron chi connectivity index (χ2n) is 6.59. The number of aromatic nitrogens is 3. The summed E-state index contributed by atoms with van der Waals surface area (Å²) in [6.45, 7) is 13.4. The van der Waals surface area contributed by atoms with Gasteiger partial charge in [0.2, 0.25) is 0 Å². The maximum atomic E-state index is 4.80. The molecule has 0 saturated heterocycles. The predicted molar refractivity (Wildman–Crippen MR) is 75.0 cm³/mol. The maximum Gasteiger partial charge on any atom is 0.154 e. The van der Waals surface area contributed by atoms with Gasteiger partial charge in [-0.2, -0.15) is 5.10 Å². The Balaban J connectivity index is 2.82. The van der Waals surface area contributed by atoms with Gasteiger partial charge in [-0.3, -0.25) is 0 Å². The lowest BCUT2D eigenvalue weighted by molar-refractivity contribution is 0.452. The molecule has 0 fully saturated rings. The van der Waals surface area contributed by atoms with Gasteiger partial charge in [-0.25, -0.2) is 9.50 Å². The van der Waals surface area contributed by atoms with Crippen molar-refractivity contribution in [1.82, 2.24) is 14.6 Å². The number of hydrogen-bond donors (Lipinski definition) is 0. The van der Waals surface area contributed by atoms with Crippen molar-refractivity contribution in [3.8, 4) is 0 Å². The van der Waals surface area contributed by atoms with Crippen LogP contribution in [0.5, 0.6) is 0 Å². The van der Waals surface area contributed by atoms with E-state index in [2.05, 4.69) is 46.6 Å². The first-order valence-corrected chi connectivity index (χ1v) is 6.62. The lowest BCUT2D eigenvalue weighted by Gasteiger charge is -2.27. The summed E-state index contributed by atoms with van der Waals surface area (Å²) in [7, 11) is 0. The van der Waals surface area contributed by atoms with Gasteiger partial charge in [0, 0.05) is 17.0 Å². The minimum Gasteiger partial charge on any atom is -0.231 e. The molecule has 0 radical (unpaired) electrons. The average molecular weight is 245 g/mol. The molecule has 0 aliphatic carbocycles. The van der Waals surface area contributed by atoms with Crippen LogP contribution in [0.25, 0.3) is 5.65 Å². The highest BCUT2D eigenvalue weighted by molar-refractivity contribution is 5.45. The Morgan fingerprint density at radius 1 is 1.17 bits per heavy atom. The van der Waals surface area contributed by atoms with Crippen molar-refractivity contribution in [3.63, 3.8) is 0 Å². The molecule has 0 bridgehead atoms. The third-order valence-corrected chi connectivity index (χ3v) is 3.63. The Bertz CT molecular complexity index is 559. The first-order chi connectivity index (χ1) is 8.27. The fourth-order valence-electron chi connectivity index (χ4n) is 2.19. The van der Waals surface area contributed by atoms with Crippen LogP contribution in [-0.2, 0) is 10.8 Å². The number of hydrogen-bond acceptors (Lipinski definition) is 2. The van der Waals surface area contributed by atoms with Crippen molar-refractivity contribution in [3.05, 3.63) is 29.7 Å². The van der Waals surface area contributed by atoms with Crippen molar-refractivity contribution in [2.45, 2.75) is 58.8 Å². The number of imidazole rings is 1. The lowest BCUT2D eigenvalue weighted by atomic mass is 9.79. The van der Waals surface area contributed by atoms with Crippen LogP contribution in [0.15, 0.2) is 18.3 Å². The maximum absolute atomic E-state index is 4.80. The van der Waals surface area contributed by atoms with Crippen molar-refractivity contribution in [1.29, 1.82) is 0 Å². The molecule has 0 aromatic carbocycles. The first-order valence-electron chi connectivity index (χ1n) is 6.62. The molecule has 18 heavy (non-hydrogen) atoms. The highest BCUT2D eigenvalue weighted by Gasteiger charge is 2.32. The van der Waals surface area contributed by atoms with Crippen LogP contribution in [0, 0.1) is 0 Å². The van der Waals surface area contributed by atoms with E-state index >= 15 is 0 Å². The number of rotatable bonds is 2. The molecule has 3 heteroatoms. The molecule has 0 unspecified atom stereocenters. The number of nitrogens with zero attached hydrogens (tertiary/aromatic N) is 3. The quantitative estimate of drug-likeness (QED) is 0.807. The molecule has 0 aliphatic rings. The summed E-state index contributed by atoms with van der Waals surface area (Å²) >= 11 is 0. The Labute approximate surface area is 109 Å². The van der Waals surface area contributed by atoms with Crippen molar-refractivity contribution in [2.24, 2.45) is 0 Å². The molecule has 0 saturated carbocycles. The summed E-state index contributed by atoms with van der Waals surface area (Å²) in [4.78, 5) is 4.80. The van der Waals surface area contributed by atoms with Gasteiger partial charge in [0.05, 0.1) is 11.4 Å². The molecular formula is C15H23N3. The van der Waals surface area contributed by atoms with Gasteiger partial charge in [-0.1, -0.05) is 41.5 Å². The van der Waals surface area contributed by atoms with Gasteiger partial charge in [0.25, 0.3) is 0 Å². The monoisotopic (exact) mass is 245 g/mol. The smallest absolute Gasteiger partial charge is 0.154 e. The molecule has 2 rings (SSSR count). The first kappa shape index (κ1) is 13.1. The van der Waals surface area contributed by atoms with E-state index in [1.54, 1.807) is 0 Å². The Morgan fingerprint density at radius 2 is 1.83 bits per heavy atom. The Morgan fingerprint density at radius 3 is 2.39 bits per heavy atom. The summed E-state index contributed by atoms with van der Waals surface area (Å²) in [5, 5.41) is 4.48. The van der Waals surface area contributed by atoms with Gasteiger partial charge in [0.15, 0.2) is 5.65 Å². The largest absolute Gasteiger partial charge is 0.231 e. The third kappa shape index (κ3) is 2.02. The van der Waals surface area contributed by atoms with Crippen LogP contribution in [0.3, 0.4) is 0 Å². The van der Waals surface area contributed by atoms with Gasteiger partial charge >= 0.3 is 0 Å². The molecule has 3 nitrogen and oxygen atoms in total. The predicted octanol–water partition coefficient (Wildman–Crippen LogP) is 3.71. The van der Waals surface area contributed by atoms with E-state index in [-0.39, 0.29) is 10.8 Å². The van der Waals surface area contributed by atoms with Crippen LogP contribution in [-0.4, -0.2) is 14.6 Å². The van der Waals surface area contributed by atoms with E-state index in [0.717, 1.165) is 17.8 Å². The van der Waals surface area contributed by atoms with E-state index in [4.69, 9.17) is 4.98 Å². The van der Waals surface area contributed by atoms with Crippen molar-refractivity contribution in [2.75, 3.05) is 0 Å². The van der Waals surface area contributed by atoms with Crippen molar-refractivity contribution >= 4 is 5.65 Å². The molecule has 2 heterocycles. The second-order valence-corrected chi connectivity index (χ2v) is 6.59. The molecule has 0 spiro atoms. The van der Waals surface area contributed by atoms with E-state index in [1.165, 1.54) is 5.69 Å². The minimum atomic E-state index is 0.0372. The van der Waals surface area contributed by atoms with Gasteiger partial charge in [0.1, 0.15) is 0 Å². The minimum absolute atomic E-state index is 0.0372.